The van der Waals surface area contributed by atoms with Crippen molar-refractivity contribution in [3.8, 4) is 45.1 Å². The van der Waals surface area contributed by atoms with Crippen molar-refractivity contribution in [1.82, 2.24) is 19.1 Å². The number of hydrogen-bond donors (Lipinski definition) is 0. The quantitative estimate of drug-likeness (QED) is 0.180. The van der Waals surface area contributed by atoms with E-state index in [-0.39, 0.29) is 0 Å². The Kier molecular flexibility index (Phi) is 6.82. The lowest BCUT2D eigenvalue weighted by Gasteiger charge is -2.13. The van der Waals surface area contributed by atoms with Gasteiger partial charge in [-0.15, -0.1) is 0 Å². The van der Waals surface area contributed by atoms with Gasteiger partial charge in [0, 0.05) is 38.2 Å². The number of hydrogen-bond acceptors (Lipinski definition) is 2. The molecule has 11 aromatic rings. The van der Waals surface area contributed by atoms with Gasteiger partial charge in [-0.2, -0.15) is 0 Å². The zero-order valence-corrected chi connectivity index (χ0v) is 29.3. The van der Waals surface area contributed by atoms with Gasteiger partial charge >= 0.3 is 0 Å². The minimum Gasteiger partial charge on any atom is -0.309 e. The topological polar surface area (TPSA) is 35.6 Å². The van der Waals surface area contributed by atoms with Gasteiger partial charge in [-0.05, 0) is 70.8 Å². The van der Waals surface area contributed by atoms with E-state index in [1.165, 1.54) is 43.7 Å². The second-order valence-electron chi connectivity index (χ2n) is 13.8. The summed E-state index contributed by atoms with van der Waals surface area (Å²) in [5.41, 5.74) is 13.2. The Hall–Kier alpha value is -7.30. The van der Waals surface area contributed by atoms with Gasteiger partial charge in [0.15, 0.2) is 0 Å². The summed E-state index contributed by atoms with van der Waals surface area (Å²) in [5.74, 6) is 0.652. The Morgan fingerprint density at radius 2 is 0.815 bits per heavy atom. The SMILES string of the molecule is c1ccc(-c2ccc(-c3cccc(-c4nc(-n5c6ccccc6c6c7c8ccccc8n(-c8ccccc8)c7ccc65)nc5ccccc45)c3)cc2)cc1. The molecule has 4 heteroatoms. The molecular formula is C50H32N4. The Morgan fingerprint density at radius 1 is 0.315 bits per heavy atom. The Balaban J connectivity index is 1.13. The normalized spacial score (nSPS) is 11.7. The molecule has 0 aliphatic carbocycles. The lowest BCUT2D eigenvalue weighted by atomic mass is 9.97. The van der Waals surface area contributed by atoms with E-state index in [1.54, 1.807) is 0 Å². The molecule has 3 heterocycles. The predicted molar refractivity (Wildman–Crippen MR) is 225 cm³/mol. The van der Waals surface area contributed by atoms with Crippen molar-refractivity contribution in [3.05, 3.63) is 194 Å². The largest absolute Gasteiger partial charge is 0.309 e. The second kappa shape index (κ2) is 12.1. The summed E-state index contributed by atoms with van der Waals surface area (Å²) in [6.07, 6.45) is 0. The maximum atomic E-state index is 5.44. The van der Waals surface area contributed by atoms with Crippen LogP contribution >= 0.6 is 0 Å². The van der Waals surface area contributed by atoms with E-state index in [1.807, 2.05) is 0 Å². The molecule has 0 amide bonds. The summed E-state index contributed by atoms with van der Waals surface area (Å²) in [5, 5.41) is 5.85. The Morgan fingerprint density at radius 3 is 1.52 bits per heavy atom. The fourth-order valence-electron chi connectivity index (χ4n) is 8.31. The van der Waals surface area contributed by atoms with Gasteiger partial charge in [0.05, 0.1) is 33.3 Å². The highest BCUT2D eigenvalue weighted by Gasteiger charge is 2.22. The minimum absolute atomic E-state index is 0.652. The van der Waals surface area contributed by atoms with Crippen molar-refractivity contribution < 1.29 is 0 Å². The van der Waals surface area contributed by atoms with Crippen LogP contribution in [0.5, 0.6) is 0 Å². The van der Waals surface area contributed by atoms with Crippen molar-refractivity contribution in [1.29, 1.82) is 0 Å². The molecule has 0 bridgehead atoms. The fraction of sp³-hybridized carbons (Fsp3) is 0. The van der Waals surface area contributed by atoms with Crippen molar-refractivity contribution in [2.45, 2.75) is 0 Å². The molecule has 0 spiro atoms. The van der Waals surface area contributed by atoms with Crippen LogP contribution in [0.25, 0.3) is 99.7 Å². The van der Waals surface area contributed by atoms with Crippen LogP contribution in [0.3, 0.4) is 0 Å². The molecule has 0 aliphatic heterocycles. The fourth-order valence-corrected chi connectivity index (χ4v) is 8.31. The molecule has 252 valence electrons. The van der Waals surface area contributed by atoms with Crippen LogP contribution in [0.1, 0.15) is 0 Å². The van der Waals surface area contributed by atoms with Gasteiger partial charge in [0.25, 0.3) is 0 Å². The van der Waals surface area contributed by atoms with Gasteiger partial charge in [0.1, 0.15) is 0 Å². The van der Waals surface area contributed by atoms with Crippen molar-refractivity contribution in [2.75, 3.05) is 0 Å². The first-order chi connectivity index (χ1) is 26.8. The molecule has 8 aromatic carbocycles. The summed E-state index contributed by atoms with van der Waals surface area (Å²) in [4.78, 5) is 10.7. The number of para-hydroxylation sites is 4. The van der Waals surface area contributed by atoms with E-state index < -0.39 is 0 Å². The van der Waals surface area contributed by atoms with Crippen LogP contribution in [0.4, 0.5) is 0 Å². The number of fused-ring (bicyclic) bond motifs is 8. The van der Waals surface area contributed by atoms with Crippen LogP contribution in [-0.2, 0) is 0 Å². The maximum absolute atomic E-state index is 5.44. The van der Waals surface area contributed by atoms with Crippen LogP contribution in [0.2, 0.25) is 0 Å². The molecule has 0 fully saturated rings. The molecule has 0 unspecified atom stereocenters. The van der Waals surface area contributed by atoms with E-state index in [9.17, 15) is 0 Å². The highest BCUT2D eigenvalue weighted by Crippen LogP contribution is 2.42. The molecule has 3 aromatic heterocycles. The highest BCUT2D eigenvalue weighted by atomic mass is 15.2. The van der Waals surface area contributed by atoms with E-state index in [0.29, 0.717) is 5.95 Å². The summed E-state index contributed by atoms with van der Waals surface area (Å²) < 4.78 is 4.63. The Labute approximate surface area is 311 Å². The van der Waals surface area contributed by atoms with Crippen LogP contribution in [0, 0.1) is 0 Å². The zero-order chi connectivity index (χ0) is 35.6. The predicted octanol–water partition coefficient (Wildman–Crippen LogP) is 12.8. The lowest BCUT2D eigenvalue weighted by Crippen LogP contribution is -2.03. The smallest absolute Gasteiger partial charge is 0.235 e. The van der Waals surface area contributed by atoms with Gasteiger partial charge in [-0.25, -0.2) is 9.97 Å². The van der Waals surface area contributed by atoms with E-state index in [4.69, 9.17) is 9.97 Å². The van der Waals surface area contributed by atoms with Crippen molar-refractivity contribution in [2.24, 2.45) is 0 Å². The van der Waals surface area contributed by atoms with Gasteiger partial charge < -0.3 is 4.57 Å². The van der Waals surface area contributed by atoms with Crippen LogP contribution < -0.4 is 0 Å². The first kappa shape index (κ1) is 30.3. The minimum atomic E-state index is 0.652. The maximum Gasteiger partial charge on any atom is 0.235 e. The standard InChI is InChI=1S/C50H32N4/c1-3-14-33(15-4-1)34-26-28-35(29-27-34)36-16-13-17-37(32-36)49-39-20-7-10-23-42(39)51-50(52-49)54-44-25-12-9-22-41(44)48-46(54)31-30-45-47(48)40-21-8-11-24-43(40)53(45)38-18-5-2-6-19-38/h1-32H. The zero-order valence-electron chi connectivity index (χ0n) is 29.3. The monoisotopic (exact) mass is 688 g/mol. The lowest BCUT2D eigenvalue weighted by molar-refractivity contribution is 1.01. The number of nitrogens with zero attached hydrogens (tertiary/aromatic N) is 4. The summed E-state index contributed by atoms with van der Waals surface area (Å²) in [6, 6.07) is 68.9. The van der Waals surface area contributed by atoms with E-state index >= 15 is 0 Å². The number of aromatic nitrogens is 4. The molecule has 0 N–H and O–H groups in total. The van der Waals surface area contributed by atoms with E-state index in [2.05, 4.69) is 203 Å². The van der Waals surface area contributed by atoms with Crippen molar-refractivity contribution in [3.63, 3.8) is 0 Å². The Bertz CT molecular complexity index is 3190. The molecule has 11 rings (SSSR count). The molecule has 0 radical (unpaired) electrons. The first-order valence-electron chi connectivity index (χ1n) is 18.3. The molecule has 4 nitrogen and oxygen atoms in total. The van der Waals surface area contributed by atoms with Gasteiger partial charge in [0.2, 0.25) is 5.95 Å². The molecule has 54 heavy (non-hydrogen) atoms. The second-order valence-corrected chi connectivity index (χ2v) is 13.8. The van der Waals surface area contributed by atoms with Crippen molar-refractivity contribution >= 4 is 54.5 Å². The third-order valence-electron chi connectivity index (χ3n) is 10.7. The van der Waals surface area contributed by atoms with Crippen LogP contribution in [0.15, 0.2) is 194 Å². The highest BCUT2D eigenvalue weighted by molar-refractivity contribution is 6.28. The number of rotatable bonds is 5. The molecule has 0 atom stereocenters. The average molecular weight is 689 g/mol. The third kappa shape index (κ3) is 4.70. The number of benzene rings is 8. The summed E-state index contributed by atoms with van der Waals surface area (Å²) in [6.45, 7) is 0. The summed E-state index contributed by atoms with van der Waals surface area (Å²) in [7, 11) is 0. The molecule has 0 aliphatic rings. The van der Waals surface area contributed by atoms with E-state index in [0.717, 1.165) is 50.0 Å². The van der Waals surface area contributed by atoms with Gasteiger partial charge in [-0.1, -0.05) is 146 Å². The summed E-state index contributed by atoms with van der Waals surface area (Å²) >= 11 is 0. The van der Waals surface area contributed by atoms with Crippen LogP contribution in [-0.4, -0.2) is 19.1 Å². The first-order valence-corrected chi connectivity index (χ1v) is 18.3. The molecule has 0 saturated heterocycles. The van der Waals surface area contributed by atoms with Gasteiger partial charge in [-0.3, -0.25) is 4.57 Å². The average Bonchev–Trinajstić information content (AvgIpc) is 3.77. The third-order valence-corrected chi connectivity index (χ3v) is 10.7. The molecular weight excluding hydrogens is 657 g/mol. The molecule has 0 saturated carbocycles.